The summed E-state index contributed by atoms with van der Waals surface area (Å²) in [5.41, 5.74) is 6.02. The molecular formula is C25H26ClN9O8S2. The predicted octanol–water partition coefficient (Wildman–Crippen LogP) is -2.17. The monoisotopic (exact) mass is 679 g/mol. The van der Waals surface area contributed by atoms with Crippen molar-refractivity contribution in [2.24, 2.45) is 5.16 Å². The van der Waals surface area contributed by atoms with Gasteiger partial charge in [-0.15, -0.1) is 11.8 Å². The standard InChI is InChI=1S/C25H26ClN9O8S2/c1-10(22(38)39)43-32-15(14-18(26)45-24(27)31-14)19(36)30-16-20(37)35-17(23(40)41)11(9-44-21(16)35)7-33-5-3-13-12(8-33)29-25(42)34(13)6-4-28-2/h3,5,8,10,16,21,28H,4,6-7,9H2,1-2H3,(H5-,27,29,30,31,36,38,39,40,41,42)/b32-15-/t10-,16?,21?/m0/s1. The van der Waals surface area contributed by atoms with Gasteiger partial charge in [-0.2, -0.15) is 4.57 Å². The number of thiazole rings is 1. The lowest BCUT2D eigenvalue weighted by Crippen LogP contribution is -2.71. The Balaban J connectivity index is 1.36. The van der Waals surface area contributed by atoms with Gasteiger partial charge in [0.15, 0.2) is 29.8 Å². The quantitative estimate of drug-likeness (QED) is 0.0594. The number of carboxylic acids is 2. The number of nitrogens with zero attached hydrogens (tertiary/aromatic N) is 5. The largest absolute Gasteiger partial charge is 0.543 e. The van der Waals surface area contributed by atoms with Gasteiger partial charge >= 0.3 is 11.7 Å². The van der Waals surface area contributed by atoms with Gasteiger partial charge in [-0.1, -0.05) is 28.1 Å². The number of β-lactam (4-membered cyclic amide) rings is 1. The summed E-state index contributed by atoms with van der Waals surface area (Å²) in [4.78, 5) is 75.1. The van der Waals surface area contributed by atoms with Crippen LogP contribution in [0.1, 0.15) is 12.6 Å². The molecule has 238 valence electrons. The highest BCUT2D eigenvalue weighted by Gasteiger charge is 2.53. The van der Waals surface area contributed by atoms with Crippen molar-refractivity contribution < 1.29 is 38.8 Å². The van der Waals surface area contributed by atoms with E-state index in [0.29, 0.717) is 29.7 Å². The first-order valence-corrected chi connectivity index (χ1v) is 15.5. The van der Waals surface area contributed by atoms with E-state index in [-0.39, 0.29) is 38.8 Å². The van der Waals surface area contributed by atoms with Crippen LogP contribution in [0.25, 0.3) is 11.0 Å². The number of rotatable bonds is 12. The molecule has 2 unspecified atom stereocenters. The van der Waals surface area contributed by atoms with Crippen molar-refractivity contribution in [2.75, 3.05) is 25.1 Å². The molecule has 0 aliphatic carbocycles. The minimum atomic E-state index is -1.57. The van der Waals surface area contributed by atoms with Crippen LogP contribution in [-0.2, 0) is 37.1 Å². The first-order valence-electron chi connectivity index (χ1n) is 13.2. The average Bonchev–Trinajstić information content (AvgIpc) is 3.49. The molecule has 3 atom stereocenters. The first kappa shape index (κ1) is 31.9. The molecule has 3 aromatic heterocycles. The number of anilines is 1. The number of hydrogen-bond donors (Lipinski definition) is 5. The van der Waals surface area contributed by atoms with E-state index in [0.717, 1.165) is 16.2 Å². The Bertz CT molecular complexity index is 1830. The SMILES string of the molecule is CNCCn1c(=O)[nH]c2c[n+](CC3=C(C(=O)[O-])N4C(=O)C(NC(=O)/C(=N\O[C@@H](C)C(=O)O)c5nc(N)sc5Cl)C4SC3)ccc21. The third kappa shape index (κ3) is 6.23. The van der Waals surface area contributed by atoms with E-state index in [1.165, 1.54) is 18.7 Å². The molecule has 6 N–H and O–H groups in total. The summed E-state index contributed by atoms with van der Waals surface area (Å²) >= 11 is 8.21. The zero-order valence-electron chi connectivity index (χ0n) is 23.6. The fourth-order valence-corrected chi connectivity index (χ4v) is 7.02. The number of hydrogen-bond acceptors (Lipinski definition) is 13. The van der Waals surface area contributed by atoms with Crippen molar-refractivity contribution in [1.29, 1.82) is 0 Å². The highest BCUT2D eigenvalue weighted by atomic mass is 35.5. The summed E-state index contributed by atoms with van der Waals surface area (Å²) in [7, 11) is 1.78. The maximum absolute atomic E-state index is 13.3. The van der Waals surface area contributed by atoms with Crippen LogP contribution in [0.3, 0.4) is 0 Å². The van der Waals surface area contributed by atoms with Gasteiger partial charge < -0.3 is 41.2 Å². The first-order chi connectivity index (χ1) is 21.4. The second kappa shape index (κ2) is 12.9. The van der Waals surface area contributed by atoms with Crippen LogP contribution in [0, 0.1) is 0 Å². The number of pyridine rings is 1. The maximum atomic E-state index is 13.3. The Morgan fingerprint density at radius 2 is 2.16 bits per heavy atom. The van der Waals surface area contributed by atoms with Crippen molar-refractivity contribution in [3.05, 3.63) is 50.2 Å². The van der Waals surface area contributed by atoms with Gasteiger partial charge in [-0.3, -0.25) is 19.1 Å². The van der Waals surface area contributed by atoms with Crippen molar-refractivity contribution >= 4 is 80.3 Å². The minimum Gasteiger partial charge on any atom is -0.543 e. The number of halogens is 1. The lowest BCUT2D eigenvalue weighted by molar-refractivity contribution is -0.687. The summed E-state index contributed by atoms with van der Waals surface area (Å²) in [5.74, 6) is -4.42. The van der Waals surface area contributed by atoms with Gasteiger partial charge in [-0.25, -0.2) is 14.6 Å². The summed E-state index contributed by atoms with van der Waals surface area (Å²) in [6.45, 7) is 2.32. The molecule has 45 heavy (non-hydrogen) atoms. The van der Waals surface area contributed by atoms with Crippen molar-refractivity contribution in [1.82, 2.24) is 30.1 Å². The highest BCUT2D eigenvalue weighted by Crippen LogP contribution is 2.40. The molecule has 2 aliphatic heterocycles. The van der Waals surface area contributed by atoms with E-state index in [2.05, 4.69) is 25.8 Å². The van der Waals surface area contributed by atoms with Gasteiger partial charge in [0.1, 0.15) is 27.0 Å². The number of H-pyrrole nitrogens is 1. The molecular weight excluding hydrogens is 654 g/mol. The van der Waals surface area contributed by atoms with E-state index in [1.54, 1.807) is 34.6 Å². The smallest absolute Gasteiger partial charge is 0.347 e. The molecule has 5 heterocycles. The maximum Gasteiger partial charge on any atom is 0.347 e. The number of aromatic amines is 1. The Morgan fingerprint density at radius 1 is 1.40 bits per heavy atom. The number of likely N-dealkylation sites (N-methyl/N-ethyl adjacent to an activating group) is 1. The Labute approximate surface area is 266 Å². The average molecular weight is 680 g/mol. The number of fused-ring (bicyclic) bond motifs is 2. The third-order valence-electron chi connectivity index (χ3n) is 6.95. The summed E-state index contributed by atoms with van der Waals surface area (Å²) in [6, 6.07) is 0.575. The second-order valence-corrected chi connectivity index (χ2v) is 12.6. The van der Waals surface area contributed by atoms with Crippen LogP contribution in [-0.4, -0.2) is 90.9 Å². The lowest BCUT2D eigenvalue weighted by Gasteiger charge is -2.50. The molecule has 2 amide bonds. The minimum absolute atomic E-state index is 0.00141. The molecule has 0 radical (unpaired) electrons. The molecule has 0 spiro atoms. The number of nitrogens with two attached hydrogens (primary N) is 1. The number of aromatic nitrogens is 4. The Kier molecular flexibility index (Phi) is 9.14. The topological polar surface area (TPSA) is 241 Å². The molecule has 2 aliphatic rings. The van der Waals surface area contributed by atoms with Crippen LogP contribution in [0.5, 0.6) is 0 Å². The number of oxime groups is 1. The normalized spacial score (nSPS) is 18.9. The van der Waals surface area contributed by atoms with Gasteiger partial charge in [-0.05, 0) is 14.0 Å². The zero-order valence-corrected chi connectivity index (χ0v) is 26.0. The molecule has 17 nitrogen and oxygen atoms in total. The van der Waals surface area contributed by atoms with E-state index in [1.807, 2.05) is 0 Å². The van der Waals surface area contributed by atoms with Crippen molar-refractivity contribution in [3.8, 4) is 0 Å². The summed E-state index contributed by atoms with van der Waals surface area (Å²) < 4.78 is 3.25. The molecule has 0 bridgehead atoms. The highest BCUT2D eigenvalue weighted by molar-refractivity contribution is 8.00. The van der Waals surface area contributed by atoms with E-state index < -0.39 is 47.0 Å². The van der Waals surface area contributed by atoms with Gasteiger partial charge in [0.25, 0.3) is 11.8 Å². The number of carboxylic acid groups (broad SMARTS) is 2. The Morgan fingerprint density at radius 3 is 2.80 bits per heavy atom. The fourth-order valence-electron chi connectivity index (χ4n) is 4.75. The van der Waals surface area contributed by atoms with E-state index >= 15 is 0 Å². The lowest BCUT2D eigenvalue weighted by atomic mass is 10.0. The number of nitrogens with one attached hydrogen (secondary N) is 3. The molecule has 3 aromatic rings. The summed E-state index contributed by atoms with van der Waals surface area (Å²) in [5, 5.41) is 29.7. The third-order valence-corrected chi connectivity index (χ3v) is 9.37. The van der Waals surface area contributed by atoms with Crippen LogP contribution in [0.15, 0.2) is 39.7 Å². The second-order valence-electron chi connectivity index (χ2n) is 9.90. The fraction of sp³-hybridized carbons (Fsp3) is 0.360. The van der Waals surface area contributed by atoms with Crippen molar-refractivity contribution in [3.63, 3.8) is 0 Å². The van der Waals surface area contributed by atoms with Crippen LogP contribution in [0.2, 0.25) is 4.34 Å². The number of carbonyl (C=O) groups is 4. The molecule has 5 rings (SSSR count). The Hall–Kier alpha value is -4.46. The predicted molar refractivity (Wildman–Crippen MR) is 160 cm³/mol. The van der Waals surface area contributed by atoms with E-state index in [4.69, 9.17) is 27.3 Å². The van der Waals surface area contributed by atoms with Crippen molar-refractivity contribution in [2.45, 2.75) is 37.5 Å². The number of imidazole rings is 1. The summed E-state index contributed by atoms with van der Waals surface area (Å²) in [6.07, 6.45) is 1.95. The number of aliphatic carboxylic acids is 2. The zero-order chi connectivity index (χ0) is 32.6. The molecule has 1 saturated heterocycles. The van der Waals surface area contributed by atoms with E-state index in [9.17, 15) is 29.1 Å². The van der Waals surface area contributed by atoms with Gasteiger partial charge in [0.05, 0.1) is 17.2 Å². The molecule has 20 heteroatoms. The van der Waals surface area contributed by atoms with Gasteiger partial charge in [0.2, 0.25) is 6.10 Å². The number of thioether (sulfide) groups is 1. The number of carbonyl (C=O) groups excluding carboxylic acids is 3. The molecule has 1 fully saturated rings. The molecule has 0 aromatic carbocycles. The van der Waals surface area contributed by atoms with Gasteiger partial charge in [0, 0.05) is 30.5 Å². The van der Waals surface area contributed by atoms with Crippen LogP contribution < -0.4 is 31.7 Å². The van der Waals surface area contributed by atoms with Crippen LogP contribution >= 0.6 is 34.7 Å². The molecule has 0 saturated carbocycles. The number of amides is 2. The van der Waals surface area contributed by atoms with Crippen LogP contribution in [0.4, 0.5) is 5.13 Å². The number of nitrogen functional groups attached to an aromatic ring is 1.